The summed E-state index contributed by atoms with van der Waals surface area (Å²) in [7, 11) is 1.84. The van der Waals surface area contributed by atoms with Gasteiger partial charge in [0.2, 0.25) is 0 Å². The smallest absolute Gasteiger partial charge is 0.146 e. The average molecular weight is 241 g/mol. The zero-order valence-corrected chi connectivity index (χ0v) is 10.2. The van der Waals surface area contributed by atoms with Gasteiger partial charge in [0.1, 0.15) is 5.82 Å². The number of aliphatic hydroxyl groups excluding tert-OH is 2. The van der Waals surface area contributed by atoms with Crippen molar-refractivity contribution in [3.05, 3.63) is 29.6 Å². The van der Waals surface area contributed by atoms with Crippen LogP contribution in [-0.2, 0) is 6.61 Å². The van der Waals surface area contributed by atoms with Gasteiger partial charge < -0.3 is 15.1 Å². The first-order valence-corrected chi connectivity index (χ1v) is 5.90. The SMILES string of the molecule is CN(CCCCCO)c1ccc(CO)cc1F. The fourth-order valence-corrected chi connectivity index (χ4v) is 1.72. The van der Waals surface area contributed by atoms with Gasteiger partial charge in [-0.25, -0.2) is 4.39 Å². The highest BCUT2D eigenvalue weighted by molar-refractivity contribution is 5.48. The van der Waals surface area contributed by atoms with Crippen molar-refractivity contribution in [1.29, 1.82) is 0 Å². The quantitative estimate of drug-likeness (QED) is 0.717. The Labute approximate surface area is 101 Å². The van der Waals surface area contributed by atoms with E-state index in [0.717, 1.165) is 25.8 Å². The van der Waals surface area contributed by atoms with Gasteiger partial charge in [0.25, 0.3) is 0 Å². The molecule has 1 rings (SSSR count). The van der Waals surface area contributed by atoms with Gasteiger partial charge in [-0.1, -0.05) is 6.07 Å². The monoisotopic (exact) mass is 241 g/mol. The van der Waals surface area contributed by atoms with Gasteiger partial charge in [-0.2, -0.15) is 0 Å². The minimum absolute atomic E-state index is 0.141. The first-order valence-electron chi connectivity index (χ1n) is 5.90. The topological polar surface area (TPSA) is 43.7 Å². The molecule has 0 atom stereocenters. The Hall–Kier alpha value is -1.13. The Morgan fingerprint density at radius 2 is 1.94 bits per heavy atom. The van der Waals surface area contributed by atoms with Crippen molar-refractivity contribution >= 4 is 5.69 Å². The predicted molar refractivity (Wildman–Crippen MR) is 66.5 cm³/mol. The number of hydrogen-bond acceptors (Lipinski definition) is 3. The lowest BCUT2D eigenvalue weighted by Crippen LogP contribution is -2.19. The molecule has 1 aromatic rings. The van der Waals surface area contributed by atoms with E-state index in [1.807, 2.05) is 11.9 Å². The normalized spacial score (nSPS) is 10.6. The van der Waals surface area contributed by atoms with Crippen LogP contribution in [0, 0.1) is 5.82 Å². The first-order chi connectivity index (χ1) is 8.19. The van der Waals surface area contributed by atoms with Crippen LogP contribution < -0.4 is 4.90 Å². The van der Waals surface area contributed by atoms with Gasteiger partial charge in [0.05, 0.1) is 12.3 Å². The summed E-state index contributed by atoms with van der Waals surface area (Å²) in [6.45, 7) is 0.829. The molecule has 3 nitrogen and oxygen atoms in total. The molecule has 0 saturated carbocycles. The highest BCUT2D eigenvalue weighted by atomic mass is 19.1. The number of aliphatic hydroxyl groups is 2. The van der Waals surface area contributed by atoms with E-state index in [0.29, 0.717) is 11.3 Å². The lowest BCUT2D eigenvalue weighted by Gasteiger charge is -2.20. The molecule has 0 heterocycles. The van der Waals surface area contributed by atoms with E-state index in [9.17, 15) is 4.39 Å². The molecule has 0 aliphatic heterocycles. The van der Waals surface area contributed by atoms with Crippen LogP contribution >= 0.6 is 0 Å². The van der Waals surface area contributed by atoms with Gasteiger partial charge in [0.15, 0.2) is 0 Å². The summed E-state index contributed by atoms with van der Waals surface area (Å²) in [5.41, 5.74) is 1.13. The number of rotatable bonds is 7. The van der Waals surface area contributed by atoms with E-state index in [1.165, 1.54) is 6.07 Å². The van der Waals surface area contributed by atoms with Crippen LogP contribution in [0.3, 0.4) is 0 Å². The van der Waals surface area contributed by atoms with Crippen LogP contribution in [0.15, 0.2) is 18.2 Å². The van der Waals surface area contributed by atoms with Gasteiger partial charge in [0, 0.05) is 20.2 Å². The third kappa shape index (κ3) is 4.32. The molecule has 0 saturated heterocycles. The van der Waals surface area contributed by atoms with Crippen molar-refractivity contribution in [2.24, 2.45) is 0 Å². The van der Waals surface area contributed by atoms with Crippen molar-refractivity contribution in [2.45, 2.75) is 25.9 Å². The van der Waals surface area contributed by atoms with Crippen LogP contribution in [-0.4, -0.2) is 30.4 Å². The summed E-state index contributed by atoms with van der Waals surface area (Å²) in [4.78, 5) is 1.86. The van der Waals surface area contributed by atoms with Crippen LogP contribution in [0.25, 0.3) is 0 Å². The van der Waals surface area contributed by atoms with Crippen LogP contribution in [0.4, 0.5) is 10.1 Å². The number of halogens is 1. The van der Waals surface area contributed by atoms with Crippen LogP contribution in [0.5, 0.6) is 0 Å². The number of hydrogen-bond donors (Lipinski definition) is 2. The number of benzene rings is 1. The van der Waals surface area contributed by atoms with E-state index in [-0.39, 0.29) is 19.0 Å². The average Bonchev–Trinajstić information content (AvgIpc) is 2.34. The molecule has 0 radical (unpaired) electrons. The summed E-state index contributed by atoms with van der Waals surface area (Å²) >= 11 is 0. The molecule has 0 spiro atoms. The van der Waals surface area contributed by atoms with Crippen molar-refractivity contribution in [2.75, 3.05) is 25.1 Å². The molecule has 1 aromatic carbocycles. The second-order valence-corrected chi connectivity index (χ2v) is 4.15. The Bertz CT molecular complexity index is 344. The van der Waals surface area contributed by atoms with Crippen LogP contribution in [0.2, 0.25) is 0 Å². The zero-order chi connectivity index (χ0) is 12.7. The highest BCUT2D eigenvalue weighted by Gasteiger charge is 2.07. The van der Waals surface area contributed by atoms with E-state index < -0.39 is 0 Å². The molecule has 0 fully saturated rings. The van der Waals surface area contributed by atoms with Crippen molar-refractivity contribution in [1.82, 2.24) is 0 Å². The second-order valence-electron chi connectivity index (χ2n) is 4.15. The molecule has 0 unspecified atom stereocenters. The number of anilines is 1. The Morgan fingerprint density at radius 3 is 2.53 bits per heavy atom. The third-order valence-corrected chi connectivity index (χ3v) is 2.76. The molecule has 0 aromatic heterocycles. The molecular weight excluding hydrogens is 221 g/mol. The fourth-order valence-electron chi connectivity index (χ4n) is 1.72. The molecule has 0 bridgehead atoms. The molecule has 17 heavy (non-hydrogen) atoms. The zero-order valence-electron chi connectivity index (χ0n) is 10.2. The maximum Gasteiger partial charge on any atom is 0.146 e. The standard InChI is InChI=1S/C13H20FNO2/c1-15(7-3-2-4-8-16)13-6-5-11(10-17)9-12(13)14/h5-6,9,16-17H,2-4,7-8,10H2,1H3. The van der Waals surface area contributed by atoms with Crippen molar-refractivity contribution in [3.63, 3.8) is 0 Å². The predicted octanol–water partition coefficient (Wildman–Crippen LogP) is 1.92. The number of nitrogens with zero attached hydrogens (tertiary/aromatic N) is 1. The fraction of sp³-hybridized carbons (Fsp3) is 0.538. The maximum absolute atomic E-state index is 13.7. The highest BCUT2D eigenvalue weighted by Crippen LogP contribution is 2.19. The largest absolute Gasteiger partial charge is 0.396 e. The Balaban J connectivity index is 2.53. The van der Waals surface area contributed by atoms with Gasteiger partial charge >= 0.3 is 0 Å². The Kier molecular flexibility index (Phi) is 5.94. The van der Waals surface area contributed by atoms with Crippen molar-refractivity contribution in [3.8, 4) is 0 Å². The maximum atomic E-state index is 13.7. The van der Waals surface area contributed by atoms with Crippen molar-refractivity contribution < 1.29 is 14.6 Å². The summed E-state index contributed by atoms with van der Waals surface area (Å²) < 4.78 is 13.7. The van der Waals surface area contributed by atoms with Crippen LogP contribution in [0.1, 0.15) is 24.8 Å². The molecule has 2 N–H and O–H groups in total. The summed E-state index contributed by atoms with van der Waals surface area (Å²) in [5.74, 6) is -0.304. The Morgan fingerprint density at radius 1 is 1.18 bits per heavy atom. The van der Waals surface area contributed by atoms with E-state index in [1.54, 1.807) is 12.1 Å². The second kappa shape index (κ2) is 7.25. The lowest BCUT2D eigenvalue weighted by atomic mass is 10.2. The molecule has 0 amide bonds. The van der Waals surface area contributed by atoms with E-state index in [4.69, 9.17) is 10.2 Å². The van der Waals surface area contributed by atoms with E-state index in [2.05, 4.69) is 0 Å². The molecule has 0 aliphatic carbocycles. The lowest BCUT2D eigenvalue weighted by molar-refractivity contribution is 0.281. The first kappa shape index (κ1) is 13.9. The number of unbranched alkanes of at least 4 members (excludes halogenated alkanes) is 2. The summed E-state index contributed by atoms with van der Waals surface area (Å²) in [6.07, 6.45) is 2.66. The summed E-state index contributed by atoms with van der Waals surface area (Å²) in [6, 6.07) is 4.77. The minimum atomic E-state index is -0.304. The molecular formula is C13H20FNO2. The van der Waals surface area contributed by atoms with Gasteiger partial charge in [-0.3, -0.25) is 0 Å². The molecule has 96 valence electrons. The third-order valence-electron chi connectivity index (χ3n) is 2.76. The molecule has 0 aliphatic rings. The minimum Gasteiger partial charge on any atom is -0.396 e. The summed E-state index contributed by atoms with van der Waals surface area (Å²) in [5, 5.41) is 17.5. The van der Waals surface area contributed by atoms with Gasteiger partial charge in [-0.05, 0) is 37.0 Å². The van der Waals surface area contributed by atoms with Gasteiger partial charge in [-0.15, -0.1) is 0 Å². The van der Waals surface area contributed by atoms with E-state index >= 15 is 0 Å². The molecule has 4 heteroatoms.